The van der Waals surface area contributed by atoms with E-state index in [1.807, 2.05) is 0 Å². The summed E-state index contributed by atoms with van der Waals surface area (Å²) in [4.78, 5) is 11.4. The zero-order valence-electron chi connectivity index (χ0n) is 11.8. The first-order chi connectivity index (χ1) is 7.30. The summed E-state index contributed by atoms with van der Waals surface area (Å²) in [6.07, 6.45) is 4.17. The highest BCUT2D eigenvalue weighted by molar-refractivity contribution is 5.72. The molecule has 0 aliphatic rings. The Bertz CT molecular complexity index is 203. The van der Waals surface area contributed by atoms with Crippen molar-refractivity contribution >= 4 is 5.97 Å². The number of hydrogen-bond acceptors (Lipinski definition) is 2. The molecule has 0 aromatic rings. The molecule has 0 fully saturated rings. The highest BCUT2D eigenvalue weighted by Crippen LogP contribution is 2.28. The minimum absolute atomic E-state index is 0.0505. The molecular formula is C14H28O2. The fourth-order valence-corrected chi connectivity index (χ4v) is 2.29. The lowest BCUT2D eigenvalue weighted by atomic mass is 9.82. The molecule has 2 atom stereocenters. The van der Waals surface area contributed by atoms with Crippen LogP contribution in [0, 0.1) is 17.3 Å². The normalized spacial score (nSPS) is 15.6. The monoisotopic (exact) mass is 228 g/mol. The van der Waals surface area contributed by atoms with Crippen LogP contribution in [-0.4, -0.2) is 13.1 Å². The largest absolute Gasteiger partial charge is 0.469 e. The topological polar surface area (TPSA) is 26.3 Å². The molecule has 0 aliphatic carbocycles. The van der Waals surface area contributed by atoms with E-state index in [0.717, 1.165) is 19.3 Å². The SMILES string of the molecule is CC[C@H](CC[C@@H](C)CC(C)(C)C)C(=O)OC. The smallest absolute Gasteiger partial charge is 0.308 e. The Morgan fingerprint density at radius 2 is 1.81 bits per heavy atom. The van der Waals surface area contributed by atoms with Crippen molar-refractivity contribution in [2.75, 3.05) is 7.11 Å². The highest BCUT2D eigenvalue weighted by Gasteiger charge is 2.20. The maximum atomic E-state index is 11.4. The summed E-state index contributed by atoms with van der Waals surface area (Å²) < 4.78 is 4.80. The molecule has 0 aliphatic heterocycles. The number of rotatable bonds is 6. The van der Waals surface area contributed by atoms with E-state index in [4.69, 9.17) is 4.74 Å². The predicted octanol–water partition coefficient (Wildman–Crippen LogP) is 4.04. The van der Waals surface area contributed by atoms with E-state index >= 15 is 0 Å². The zero-order valence-corrected chi connectivity index (χ0v) is 11.8. The number of esters is 1. The molecule has 0 rings (SSSR count). The fourth-order valence-electron chi connectivity index (χ4n) is 2.29. The number of carbonyl (C=O) groups excluding carboxylic acids is 1. The van der Waals surface area contributed by atoms with Crippen LogP contribution in [0.15, 0.2) is 0 Å². The van der Waals surface area contributed by atoms with Gasteiger partial charge in [-0.05, 0) is 37.0 Å². The van der Waals surface area contributed by atoms with Crippen molar-refractivity contribution in [1.82, 2.24) is 0 Å². The number of hydrogen-bond donors (Lipinski definition) is 0. The number of methoxy groups -OCH3 is 1. The molecule has 0 amide bonds. The van der Waals surface area contributed by atoms with Crippen LogP contribution in [0.5, 0.6) is 0 Å². The summed E-state index contributed by atoms with van der Waals surface area (Å²) in [6.45, 7) is 11.1. The molecule has 96 valence electrons. The van der Waals surface area contributed by atoms with Crippen LogP contribution in [0.2, 0.25) is 0 Å². The van der Waals surface area contributed by atoms with E-state index in [0.29, 0.717) is 11.3 Å². The Hall–Kier alpha value is -0.530. The summed E-state index contributed by atoms with van der Waals surface area (Å²) in [5.41, 5.74) is 0.381. The second-order valence-electron chi connectivity index (χ2n) is 6.08. The molecule has 2 heteroatoms. The van der Waals surface area contributed by atoms with E-state index in [1.54, 1.807) is 0 Å². The van der Waals surface area contributed by atoms with Crippen LogP contribution in [0.4, 0.5) is 0 Å². The third-order valence-corrected chi connectivity index (χ3v) is 3.00. The van der Waals surface area contributed by atoms with Gasteiger partial charge in [0.05, 0.1) is 13.0 Å². The molecule has 0 radical (unpaired) electrons. The van der Waals surface area contributed by atoms with Crippen LogP contribution >= 0.6 is 0 Å². The van der Waals surface area contributed by atoms with Gasteiger partial charge in [-0.1, -0.05) is 34.6 Å². The van der Waals surface area contributed by atoms with Crippen LogP contribution < -0.4 is 0 Å². The number of carbonyl (C=O) groups is 1. The van der Waals surface area contributed by atoms with Crippen molar-refractivity contribution in [3.63, 3.8) is 0 Å². The van der Waals surface area contributed by atoms with Gasteiger partial charge >= 0.3 is 5.97 Å². The summed E-state index contributed by atoms with van der Waals surface area (Å²) in [6, 6.07) is 0. The van der Waals surface area contributed by atoms with E-state index in [1.165, 1.54) is 13.5 Å². The summed E-state index contributed by atoms with van der Waals surface area (Å²) in [7, 11) is 1.48. The molecule has 0 aromatic carbocycles. The Morgan fingerprint density at radius 3 is 2.19 bits per heavy atom. The van der Waals surface area contributed by atoms with Gasteiger partial charge < -0.3 is 4.74 Å². The minimum atomic E-state index is -0.0505. The molecule has 2 nitrogen and oxygen atoms in total. The molecule has 0 heterocycles. The molecule has 16 heavy (non-hydrogen) atoms. The average molecular weight is 228 g/mol. The van der Waals surface area contributed by atoms with Gasteiger partial charge in [-0.2, -0.15) is 0 Å². The summed E-state index contributed by atoms with van der Waals surface area (Å²) in [5.74, 6) is 0.719. The van der Waals surface area contributed by atoms with Gasteiger partial charge in [0.25, 0.3) is 0 Å². The average Bonchev–Trinajstić information content (AvgIpc) is 2.15. The summed E-state index contributed by atoms with van der Waals surface area (Å²) >= 11 is 0. The van der Waals surface area contributed by atoms with E-state index in [-0.39, 0.29) is 11.9 Å². The number of ether oxygens (including phenoxy) is 1. The lowest BCUT2D eigenvalue weighted by Crippen LogP contribution is -2.17. The fraction of sp³-hybridized carbons (Fsp3) is 0.929. The molecular weight excluding hydrogens is 200 g/mol. The third kappa shape index (κ3) is 6.86. The predicted molar refractivity (Wildman–Crippen MR) is 68.3 cm³/mol. The summed E-state index contributed by atoms with van der Waals surface area (Å²) in [5, 5.41) is 0. The van der Waals surface area contributed by atoms with Crippen LogP contribution in [0.25, 0.3) is 0 Å². The standard InChI is InChI=1S/C14H28O2/c1-7-12(13(15)16-6)9-8-11(2)10-14(3,4)5/h11-12H,7-10H2,1-6H3/t11-,12-/m1/s1. The van der Waals surface area contributed by atoms with Gasteiger partial charge in [0.2, 0.25) is 0 Å². The molecule has 0 unspecified atom stereocenters. The van der Waals surface area contributed by atoms with Gasteiger partial charge in [-0.3, -0.25) is 4.79 Å². The van der Waals surface area contributed by atoms with Gasteiger partial charge in [-0.15, -0.1) is 0 Å². The third-order valence-electron chi connectivity index (χ3n) is 3.00. The van der Waals surface area contributed by atoms with E-state index < -0.39 is 0 Å². The molecule has 0 spiro atoms. The Morgan fingerprint density at radius 1 is 1.25 bits per heavy atom. The van der Waals surface area contributed by atoms with E-state index in [9.17, 15) is 4.79 Å². The second kappa shape index (κ2) is 6.93. The zero-order chi connectivity index (χ0) is 12.8. The highest BCUT2D eigenvalue weighted by atomic mass is 16.5. The molecule has 0 bridgehead atoms. The van der Waals surface area contributed by atoms with Crippen molar-refractivity contribution < 1.29 is 9.53 Å². The second-order valence-corrected chi connectivity index (χ2v) is 6.08. The van der Waals surface area contributed by atoms with Crippen molar-refractivity contribution in [1.29, 1.82) is 0 Å². The Balaban J connectivity index is 3.98. The van der Waals surface area contributed by atoms with Gasteiger partial charge in [0.1, 0.15) is 0 Å². The van der Waals surface area contributed by atoms with Crippen molar-refractivity contribution in [2.24, 2.45) is 17.3 Å². The minimum Gasteiger partial charge on any atom is -0.469 e. The first kappa shape index (κ1) is 15.5. The van der Waals surface area contributed by atoms with E-state index in [2.05, 4.69) is 34.6 Å². The molecule has 0 saturated carbocycles. The maximum Gasteiger partial charge on any atom is 0.308 e. The lowest BCUT2D eigenvalue weighted by molar-refractivity contribution is -0.145. The molecule has 0 aromatic heterocycles. The Labute approximate surface area is 101 Å². The van der Waals surface area contributed by atoms with Crippen LogP contribution in [-0.2, 0) is 9.53 Å². The molecule has 0 N–H and O–H groups in total. The Kier molecular flexibility index (Phi) is 6.70. The first-order valence-electron chi connectivity index (χ1n) is 6.38. The quantitative estimate of drug-likeness (QED) is 0.641. The maximum absolute atomic E-state index is 11.4. The van der Waals surface area contributed by atoms with Gasteiger partial charge in [0, 0.05) is 0 Å². The van der Waals surface area contributed by atoms with Crippen molar-refractivity contribution in [3.8, 4) is 0 Å². The van der Waals surface area contributed by atoms with Gasteiger partial charge in [0.15, 0.2) is 0 Å². The van der Waals surface area contributed by atoms with Gasteiger partial charge in [-0.25, -0.2) is 0 Å². The van der Waals surface area contributed by atoms with Crippen LogP contribution in [0.3, 0.4) is 0 Å². The van der Waals surface area contributed by atoms with Crippen molar-refractivity contribution in [2.45, 2.75) is 60.3 Å². The lowest BCUT2D eigenvalue weighted by Gasteiger charge is -2.24. The van der Waals surface area contributed by atoms with Crippen molar-refractivity contribution in [3.05, 3.63) is 0 Å². The van der Waals surface area contributed by atoms with Crippen LogP contribution in [0.1, 0.15) is 60.3 Å². The first-order valence-corrected chi connectivity index (χ1v) is 6.38. The molecule has 0 saturated heterocycles.